The lowest BCUT2D eigenvalue weighted by atomic mass is 10.2. The topological polar surface area (TPSA) is 80.9 Å². The van der Waals surface area contributed by atoms with Crippen LogP contribution in [-0.2, 0) is 11.2 Å². The van der Waals surface area contributed by atoms with Gasteiger partial charge < -0.3 is 9.84 Å². The van der Waals surface area contributed by atoms with Crippen LogP contribution in [0.4, 0.5) is 4.39 Å². The lowest BCUT2D eigenvalue weighted by molar-refractivity contribution is 0.0519. The van der Waals surface area contributed by atoms with Gasteiger partial charge in [-0.25, -0.2) is 9.18 Å². The number of hydrogen-bond donors (Lipinski definition) is 1. The predicted octanol–water partition coefficient (Wildman–Crippen LogP) is 1.28. The third-order valence-electron chi connectivity index (χ3n) is 2.80. The number of aromatic hydroxyl groups is 1. The summed E-state index contributed by atoms with van der Waals surface area (Å²) in [7, 11) is 0. The van der Waals surface area contributed by atoms with Gasteiger partial charge in [0.05, 0.1) is 6.61 Å². The molecular formula is C13H13FN2O4. The van der Waals surface area contributed by atoms with Crippen LogP contribution in [0.3, 0.4) is 0 Å². The van der Waals surface area contributed by atoms with E-state index in [4.69, 9.17) is 0 Å². The number of carbonyl (C=O) groups excluding carboxylic acids is 1. The van der Waals surface area contributed by atoms with Gasteiger partial charge in [-0.3, -0.25) is 9.20 Å². The molecule has 0 bridgehead atoms. The Labute approximate surface area is 113 Å². The monoisotopic (exact) mass is 280 g/mol. The number of pyridine rings is 1. The fraction of sp³-hybridized carbons (Fsp3) is 0.308. The van der Waals surface area contributed by atoms with Crippen molar-refractivity contribution in [1.82, 2.24) is 9.38 Å². The van der Waals surface area contributed by atoms with Gasteiger partial charge in [-0.15, -0.1) is 0 Å². The number of hydrogen-bond acceptors (Lipinski definition) is 5. The molecule has 0 radical (unpaired) electrons. The van der Waals surface area contributed by atoms with Crippen molar-refractivity contribution in [1.29, 1.82) is 0 Å². The maximum absolute atomic E-state index is 13.8. The van der Waals surface area contributed by atoms with Gasteiger partial charge >= 0.3 is 5.97 Å². The van der Waals surface area contributed by atoms with Crippen molar-refractivity contribution >= 4 is 11.6 Å². The summed E-state index contributed by atoms with van der Waals surface area (Å²) in [5.41, 5.74) is -1.23. The lowest BCUT2D eigenvalue weighted by Crippen LogP contribution is -2.25. The largest absolute Gasteiger partial charge is 0.492 e. The molecule has 0 atom stereocenters. The summed E-state index contributed by atoms with van der Waals surface area (Å²) in [4.78, 5) is 27.4. The van der Waals surface area contributed by atoms with Crippen molar-refractivity contribution < 1.29 is 19.0 Å². The molecule has 6 nitrogen and oxygen atoms in total. The second-order valence-corrected chi connectivity index (χ2v) is 4.08. The summed E-state index contributed by atoms with van der Waals surface area (Å²) in [6, 6.07) is 1.23. The Kier molecular flexibility index (Phi) is 3.69. The van der Waals surface area contributed by atoms with Crippen molar-refractivity contribution in [2.45, 2.75) is 20.3 Å². The Hall–Kier alpha value is -2.44. The van der Waals surface area contributed by atoms with E-state index in [2.05, 4.69) is 9.72 Å². The third kappa shape index (κ3) is 2.22. The standard InChI is InChI=1S/C13H13FN2O4/c1-3-7-5-8(14)10-15-11(17)9(13(19)20-4-2)12(18)16(10)6-7/h5-6,17H,3-4H2,1-2H3. The third-order valence-corrected chi connectivity index (χ3v) is 2.80. The van der Waals surface area contributed by atoms with Gasteiger partial charge in [-0.05, 0) is 25.0 Å². The fourth-order valence-electron chi connectivity index (χ4n) is 1.82. The first-order valence-electron chi connectivity index (χ1n) is 6.10. The van der Waals surface area contributed by atoms with Crippen LogP contribution in [0, 0.1) is 5.82 Å². The molecule has 0 amide bonds. The van der Waals surface area contributed by atoms with Crippen molar-refractivity contribution in [3.05, 3.63) is 39.6 Å². The Morgan fingerprint density at radius 3 is 2.80 bits per heavy atom. The minimum atomic E-state index is -0.987. The van der Waals surface area contributed by atoms with E-state index in [-0.39, 0.29) is 12.3 Å². The molecule has 0 unspecified atom stereocenters. The minimum absolute atomic E-state index is 0.0454. The van der Waals surface area contributed by atoms with Gasteiger partial charge in [-0.2, -0.15) is 4.98 Å². The summed E-state index contributed by atoms with van der Waals surface area (Å²) in [6.45, 7) is 3.41. The molecule has 0 spiro atoms. The van der Waals surface area contributed by atoms with Crippen LogP contribution in [0.5, 0.6) is 5.88 Å². The normalized spacial score (nSPS) is 10.8. The zero-order valence-electron chi connectivity index (χ0n) is 11.0. The number of aryl methyl sites for hydroxylation is 1. The highest BCUT2D eigenvalue weighted by Gasteiger charge is 2.22. The van der Waals surface area contributed by atoms with E-state index in [0.29, 0.717) is 12.0 Å². The van der Waals surface area contributed by atoms with Gasteiger partial charge in [0.2, 0.25) is 5.88 Å². The molecule has 2 aromatic rings. The maximum Gasteiger partial charge on any atom is 0.349 e. The summed E-state index contributed by atoms with van der Waals surface area (Å²) in [5.74, 6) is -2.57. The molecule has 7 heteroatoms. The Morgan fingerprint density at radius 2 is 2.20 bits per heavy atom. The SMILES string of the molecule is CCOC(=O)c1c(O)nc2c(F)cc(CC)cn2c1=O. The Bertz CT molecular complexity index is 739. The molecule has 0 aliphatic heterocycles. The van der Waals surface area contributed by atoms with Crippen molar-refractivity contribution in [3.63, 3.8) is 0 Å². The fourth-order valence-corrected chi connectivity index (χ4v) is 1.82. The van der Waals surface area contributed by atoms with E-state index in [0.717, 1.165) is 4.40 Å². The second kappa shape index (κ2) is 5.28. The number of halogens is 1. The maximum atomic E-state index is 13.8. The Morgan fingerprint density at radius 1 is 1.50 bits per heavy atom. The van der Waals surface area contributed by atoms with E-state index in [9.17, 15) is 19.1 Å². The molecule has 0 saturated carbocycles. The quantitative estimate of drug-likeness (QED) is 0.856. The number of aromatic nitrogens is 2. The van der Waals surface area contributed by atoms with Crippen molar-refractivity contribution in [2.24, 2.45) is 0 Å². The molecule has 0 fully saturated rings. The minimum Gasteiger partial charge on any atom is -0.492 e. The van der Waals surface area contributed by atoms with E-state index in [1.54, 1.807) is 13.8 Å². The van der Waals surface area contributed by atoms with Crippen LogP contribution in [0.15, 0.2) is 17.1 Å². The van der Waals surface area contributed by atoms with E-state index in [1.807, 2.05) is 0 Å². The van der Waals surface area contributed by atoms with Gasteiger partial charge in [0.15, 0.2) is 17.0 Å². The van der Waals surface area contributed by atoms with E-state index < -0.39 is 28.8 Å². The zero-order valence-corrected chi connectivity index (χ0v) is 11.0. The molecule has 0 aromatic carbocycles. The number of fused-ring (bicyclic) bond motifs is 1. The highest BCUT2D eigenvalue weighted by atomic mass is 19.1. The molecule has 0 saturated heterocycles. The number of esters is 1. The Balaban J connectivity index is 2.80. The van der Waals surface area contributed by atoms with E-state index in [1.165, 1.54) is 12.3 Å². The average Bonchev–Trinajstić information content (AvgIpc) is 2.40. The first kappa shape index (κ1) is 14.0. The molecule has 106 valence electrons. The highest BCUT2D eigenvalue weighted by Crippen LogP contribution is 2.16. The highest BCUT2D eigenvalue weighted by molar-refractivity contribution is 5.91. The molecule has 2 aromatic heterocycles. The van der Waals surface area contributed by atoms with Gasteiger partial charge in [0.1, 0.15) is 0 Å². The summed E-state index contributed by atoms with van der Waals surface area (Å²) < 4.78 is 19.4. The van der Waals surface area contributed by atoms with Crippen LogP contribution in [-0.4, -0.2) is 27.1 Å². The molecule has 1 N–H and O–H groups in total. The predicted molar refractivity (Wildman–Crippen MR) is 68.4 cm³/mol. The van der Waals surface area contributed by atoms with Crippen LogP contribution in [0.25, 0.3) is 5.65 Å². The van der Waals surface area contributed by atoms with Gasteiger partial charge in [0.25, 0.3) is 5.56 Å². The molecular weight excluding hydrogens is 267 g/mol. The molecule has 20 heavy (non-hydrogen) atoms. The first-order chi connectivity index (χ1) is 9.49. The second-order valence-electron chi connectivity index (χ2n) is 4.08. The summed E-state index contributed by atoms with van der Waals surface area (Å²) in [6.07, 6.45) is 1.89. The van der Waals surface area contributed by atoms with Crippen molar-refractivity contribution in [3.8, 4) is 5.88 Å². The molecule has 2 rings (SSSR count). The number of rotatable bonds is 3. The lowest BCUT2D eigenvalue weighted by Gasteiger charge is -2.08. The van der Waals surface area contributed by atoms with Crippen LogP contribution >= 0.6 is 0 Å². The molecule has 0 aliphatic rings. The molecule has 2 heterocycles. The molecule has 0 aliphatic carbocycles. The average molecular weight is 280 g/mol. The zero-order chi connectivity index (χ0) is 14.9. The van der Waals surface area contributed by atoms with Gasteiger partial charge in [0, 0.05) is 6.20 Å². The van der Waals surface area contributed by atoms with Gasteiger partial charge in [-0.1, -0.05) is 6.92 Å². The summed E-state index contributed by atoms with van der Waals surface area (Å²) >= 11 is 0. The summed E-state index contributed by atoms with van der Waals surface area (Å²) in [5, 5.41) is 9.65. The van der Waals surface area contributed by atoms with Crippen LogP contribution < -0.4 is 5.56 Å². The first-order valence-corrected chi connectivity index (χ1v) is 6.10. The van der Waals surface area contributed by atoms with E-state index >= 15 is 0 Å². The number of nitrogens with zero attached hydrogens (tertiary/aromatic N) is 2. The number of ether oxygens (including phenoxy) is 1. The van der Waals surface area contributed by atoms with Crippen LogP contribution in [0.2, 0.25) is 0 Å². The number of carbonyl (C=O) groups is 1. The van der Waals surface area contributed by atoms with Crippen LogP contribution in [0.1, 0.15) is 29.8 Å². The smallest absolute Gasteiger partial charge is 0.349 e. The van der Waals surface area contributed by atoms with Crippen molar-refractivity contribution in [2.75, 3.05) is 6.61 Å².